The van der Waals surface area contributed by atoms with E-state index in [1.807, 2.05) is 31.2 Å². The molecule has 1 aromatic rings. The molecule has 1 aromatic carbocycles. The average molecular weight is 315 g/mol. The molecule has 21 heavy (non-hydrogen) atoms. The third kappa shape index (κ3) is 5.24. The van der Waals surface area contributed by atoms with Gasteiger partial charge in [0, 0.05) is 6.54 Å². The first-order valence-electron chi connectivity index (χ1n) is 6.40. The van der Waals surface area contributed by atoms with Crippen LogP contribution in [-0.2, 0) is 15.1 Å². The van der Waals surface area contributed by atoms with Crippen molar-refractivity contribution in [3.05, 3.63) is 35.4 Å². The first kappa shape index (κ1) is 19.2. The van der Waals surface area contributed by atoms with E-state index in [4.69, 9.17) is 21.9 Å². The zero-order valence-corrected chi connectivity index (χ0v) is 13.2. The van der Waals surface area contributed by atoms with Crippen LogP contribution in [0.4, 0.5) is 0 Å². The van der Waals surface area contributed by atoms with Gasteiger partial charge in [0.15, 0.2) is 5.96 Å². The molecule has 1 rings (SSSR count). The summed E-state index contributed by atoms with van der Waals surface area (Å²) in [6, 6.07) is 7.51. The number of hydrogen-bond acceptors (Lipinski definition) is 4. The summed E-state index contributed by atoms with van der Waals surface area (Å²) in [5.74, 6) is -0.438. The SMILES string of the molecule is COC(=O)C(N)(CCCN=C(N)N)c1ccc(C)cc1.Cl. The lowest BCUT2D eigenvalue weighted by Gasteiger charge is -2.27. The Morgan fingerprint density at radius 2 is 1.86 bits per heavy atom. The van der Waals surface area contributed by atoms with Crippen LogP contribution in [0.25, 0.3) is 0 Å². The van der Waals surface area contributed by atoms with E-state index >= 15 is 0 Å². The Labute approximate surface area is 131 Å². The predicted octanol–water partition coefficient (Wildman–Crippen LogP) is 0.797. The van der Waals surface area contributed by atoms with Crippen LogP contribution in [0, 0.1) is 6.92 Å². The molecule has 118 valence electrons. The molecule has 0 amide bonds. The molecular formula is C14H23ClN4O2. The van der Waals surface area contributed by atoms with E-state index in [0.717, 1.165) is 11.1 Å². The molecule has 0 bridgehead atoms. The number of nitrogens with zero attached hydrogens (tertiary/aromatic N) is 1. The molecule has 0 aliphatic carbocycles. The molecule has 1 atom stereocenters. The molecule has 6 N–H and O–H groups in total. The molecule has 0 radical (unpaired) electrons. The summed E-state index contributed by atoms with van der Waals surface area (Å²) in [4.78, 5) is 15.9. The van der Waals surface area contributed by atoms with Crippen molar-refractivity contribution in [3.8, 4) is 0 Å². The highest BCUT2D eigenvalue weighted by Crippen LogP contribution is 2.25. The quantitative estimate of drug-likeness (QED) is 0.311. The van der Waals surface area contributed by atoms with Crippen LogP contribution in [0.5, 0.6) is 0 Å². The Bertz CT molecular complexity index is 486. The average Bonchev–Trinajstić information content (AvgIpc) is 2.43. The lowest BCUT2D eigenvalue weighted by Crippen LogP contribution is -2.45. The summed E-state index contributed by atoms with van der Waals surface area (Å²) in [7, 11) is 1.33. The van der Waals surface area contributed by atoms with Gasteiger partial charge in [0.1, 0.15) is 5.54 Å². The van der Waals surface area contributed by atoms with Gasteiger partial charge in [0.05, 0.1) is 7.11 Å². The fraction of sp³-hybridized carbons (Fsp3) is 0.429. The van der Waals surface area contributed by atoms with Crippen LogP contribution in [0.1, 0.15) is 24.0 Å². The molecule has 6 nitrogen and oxygen atoms in total. The first-order valence-corrected chi connectivity index (χ1v) is 6.40. The minimum atomic E-state index is -1.18. The summed E-state index contributed by atoms with van der Waals surface area (Å²) in [5.41, 5.74) is 17.4. The van der Waals surface area contributed by atoms with E-state index in [1.54, 1.807) is 0 Å². The number of carbonyl (C=O) groups excluding carboxylic acids is 1. The molecule has 0 aliphatic rings. The molecule has 0 heterocycles. The maximum absolute atomic E-state index is 12.0. The summed E-state index contributed by atoms with van der Waals surface area (Å²) in [5, 5.41) is 0. The maximum atomic E-state index is 12.0. The van der Waals surface area contributed by atoms with Crippen LogP contribution >= 0.6 is 12.4 Å². The molecule has 1 unspecified atom stereocenters. The van der Waals surface area contributed by atoms with E-state index in [2.05, 4.69) is 4.99 Å². The monoisotopic (exact) mass is 314 g/mol. The predicted molar refractivity (Wildman–Crippen MR) is 86.2 cm³/mol. The van der Waals surface area contributed by atoms with Crippen molar-refractivity contribution in [2.45, 2.75) is 25.3 Å². The number of esters is 1. The minimum Gasteiger partial charge on any atom is -0.467 e. The highest BCUT2D eigenvalue weighted by Gasteiger charge is 2.36. The molecule has 0 fully saturated rings. The topological polar surface area (TPSA) is 117 Å². The number of rotatable bonds is 6. The van der Waals surface area contributed by atoms with Gasteiger partial charge in [-0.1, -0.05) is 29.8 Å². The third-order valence-corrected chi connectivity index (χ3v) is 3.14. The van der Waals surface area contributed by atoms with Gasteiger partial charge in [0.25, 0.3) is 0 Å². The summed E-state index contributed by atoms with van der Waals surface area (Å²) in [6.07, 6.45) is 0.983. The Kier molecular flexibility index (Phi) is 7.76. The second-order valence-corrected chi connectivity index (χ2v) is 4.74. The van der Waals surface area contributed by atoms with Crippen molar-refractivity contribution in [1.29, 1.82) is 0 Å². The normalized spacial score (nSPS) is 12.7. The molecular weight excluding hydrogens is 292 g/mol. The smallest absolute Gasteiger partial charge is 0.330 e. The minimum absolute atomic E-state index is 0. The number of methoxy groups -OCH3 is 1. The second kappa shape index (κ2) is 8.49. The summed E-state index contributed by atoms with van der Waals surface area (Å²) >= 11 is 0. The fourth-order valence-corrected chi connectivity index (χ4v) is 1.96. The molecule has 7 heteroatoms. The van der Waals surface area contributed by atoms with Crippen LogP contribution in [0.3, 0.4) is 0 Å². The van der Waals surface area contributed by atoms with Crippen molar-refractivity contribution in [1.82, 2.24) is 0 Å². The van der Waals surface area contributed by atoms with Gasteiger partial charge in [0.2, 0.25) is 0 Å². The van der Waals surface area contributed by atoms with Crippen molar-refractivity contribution >= 4 is 24.3 Å². The van der Waals surface area contributed by atoms with E-state index in [-0.39, 0.29) is 18.4 Å². The Morgan fingerprint density at radius 1 is 1.29 bits per heavy atom. The van der Waals surface area contributed by atoms with Crippen LogP contribution in [-0.4, -0.2) is 25.6 Å². The number of nitrogens with two attached hydrogens (primary N) is 3. The highest BCUT2D eigenvalue weighted by molar-refractivity contribution is 5.85. The first-order chi connectivity index (χ1) is 9.40. The van der Waals surface area contributed by atoms with Crippen LogP contribution in [0.15, 0.2) is 29.3 Å². The molecule has 0 saturated heterocycles. The summed E-state index contributed by atoms with van der Waals surface area (Å²) < 4.78 is 4.83. The number of aliphatic imine (C=N–C) groups is 1. The van der Waals surface area contributed by atoms with Gasteiger partial charge in [-0.15, -0.1) is 12.4 Å². The summed E-state index contributed by atoms with van der Waals surface area (Å²) in [6.45, 7) is 2.39. The van der Waals surface area contributed by atoms with Gasteiger partial charge in [-0.2, -0.15) is 0 Å². The molecule has 0 saturated carbocycles. The van der Waals surface area contributed by atoms with E-state index in [9.17, 15) is 4.79 Å². The van der Waals surface area contributed by atoms with Gasteiger partial charge in [-0.05, 0) is 25.3 Å². The molecule has 0 spiro atoms. The lowest BCUT2D eigenvalue weighted by molar-refractivity contribution is -0.147. The maximum Gasteiger partial charge on any atom is 0.330 e. The number of ether oxygens (including phenoxy) is 1. The van der Waals surface area contributed by atoms with Gasteiger partial charge in [-0.3, -0.25) is 4.99 Å². The van der Waals surface area contributed by atoms with Gasteiger partial charge >= 0.3 is 5.97 Å². The largest absolute Gasteiger partial charge is 0.467 e. The molecule has 0 aromatic heterocycles. The third-order valence-electron chi connectivity index (χ3n) is 3.14. The Balaban J connectivity index is 0.00000400. The zero-order valence-electron chi connectivity index (χ0n) is 12.3. The van der Waals surface area contributed by atoms with Crippen molar-refractivity contribution in [3.63, 3.8) is 0 Å². The van der Waals surface area contributed by atoms with E-state index < -0.39 is 11.5 Å². The van der Waals surface area contributed by atoms with Crippen LogP contribution < -0.4 is 17.2 Å². The van der Waals surface area contributed by atoms with E-state index in [0.29, 0.717) is 19.4 Å². The number of benzene rings is 1. The fourth-order valence-electron chi connectivity index (χ4n) is 1.96. The number of guanidine groups is 1. The Hall–Kier alpha value is -1.79. The van der Waals surface area contributed by atoms with Gasteiger partial charge in [-0.25, -0.2) is 4.79 Å². The Morgan fingerprint density at radius 3 is 2.33 bits per heavy atom. The number of hydrogen-bond donors (Lipinski definition) is 3. The zero-order chi connectivity index (χ0) is 15.2. The van der Waals surface area contributed by atoms with Gasteiger partial charge < -0.3 is 21.9 Å². The van der Waals surface area contributed by atoms with Crippen LogP contribution in [0.2, 0.25) is 0 Å². The number of aryl methyl sites for hydroxylation is 1. The highest BCUT2D eigenvalue weighted by atomic mass is 35.5. The molecule has 0 aliphatic heterocycles. The van der Waals surface area contributed by atoms with Crippen molar-refractivity contribution in [2.75, 3.05) is 13.7 Å². The number of halogens is 1. The standard InChI is InChI=1S/C14H22N4O2.ClH/c1-10-4-6-11(7-5-10)14(17,12(19)20-2)8-3-9-18-13(15)16;/h4-7H,3,8-9,17H2,1-2H3,(H4,15,16,18);1H. The van der Waals surface area contributed by atoms with Crippen molar-refractivity contribution in [2.24, 2.45) is 22.2 Å². The number of carbonyl (C=O) groups is 1. The lowest BCUT2D eigenvalue weighted by atomic mass is 9.86. The second-order valence-electron chi connectivity index (χ2n) is 4.74. The van der Waals surface area contributed by atoms with Crippen molar-refractivity contribution < 1.29 is 9.53 Å². The van der Waals surface area contributed by atoms with E-state index in [1.165, 1.54) is 7.11 Å².